The highest BCUT2D eigenvalue weighted by molar-refractivity contribution is 6.32. The van der Waals surface area contributed by atoms with Crippen LogP contribution >= 0.6 is 11.6 Å². The van der Waals surface area contributed by atoms with Crippen LogP contribution in [0.1, 0.15) is 12.5 Å². The van der Waals surface area contributed by atoms with Gasteiger partial charge in [0.05, 0.1) is 0 Å². The summed E-state index contributed by atoms with van der Waals surface area (Å²) in [5.41, 5.74) is 6.92. The van der Waals surface area contributed by atoms with Crippen LogP contribution in [0.5, 0.6) is 0 Å². The summed E-state index contributed by atoms with van der Waals surface area (Å²) < 4.78 is 0. The summed E-state index contributed by atoms with van der Waals surface area (Å²) in [7, 11) is 0. The Labute approximate surface area is 82.0 Å². The normalized spacial score (nSPS) is 10.6. The van der Waals surface area contributed by atoms with E-state index in [-0.39, 0.29) is 5.78 Å². The molecule has 0 aliphatic carbocycles. The smallest absolute Gasteiger partial charge is 0.152 e. The van der Waals surface area contributed by atoms with Crippen LogP contribution in [0.2, 0.25) is 5.02 Å². The number of allylic oxidation sites excluding steroid dienone is 1. The van der Waals surface area contributed by atoms with Gasteiger partial charge in [-0.1, -0.05) is 17.7 Å². The van der Waals surface area contributed by atoms with Crippen LogP contribution in [-0.4, -0.2) is 5.78 Å². The van der Waals surface area contributed by atoms with Crippen molar-refractivity contribution in [2.75, 3.05) is 5.73 Å². The van der Waals surface area contributed by atoms with Crippen molar-refractivity contribution in [3.8, 4) is 0 Å². The van der Waals surface area contributed by atoms with E-state index in [2.05, 4.69) is 0 Å². The lowest BCUT2D eigenvalue weighted by molar-refractivity contribution is -0.112. The van der Waals surface area contributed by atoms with E-state index in [1.165, 1.54) is 13.0 Å². The van der Waals surface area contributed by atoms with Crippen molar-refractivity contribution in [1.29, 1.82) is 0 Å². The fourth-order valence-corrected chi connectivity index (χ4v) is 1.14. The number of hydrogen-bond donors (Lipinski definition) is 1. The molecule has 1 rings (SSSR count). The maximum atomic E-state index is 10.6. The van der Waals surface area contributed by atoms with Crippen molar-refractivity contribution >= 4 is 29.1 Å². The minimum Gasteiger partial charge on any atom is -0.399 e. The molecule has 0 aliphatic rings. The number of nitrogen functional groups attached to an aromatic ring is 1. The first-order valence-electron chi connectivity index (χ1n) is 3.83. The lowest BCUT2D eigenvalue weighted by Gasteiger charge is -1.98. The van der Waals surface area contributed by atoms with Gasteiger partial charge in [-0.25, -0.2) is 0 Å². The van der Waals surface area contributed by atoms with Crippen LogP contribution in [0.15, 0.2) is 24.3 Å². The summed E-state index contributed by atoms with van der Waals surface area (Å²) in [6, 6.07) is 5.17. The van der Waals surface area contributed by atoms with E-state index in [0.717, 1.165) is 5.56 Å². The molecule has 1 aromatic carbocycles. The lowest BCUT2D eigenvalue weighted by Crippen LogP contribution is -1.85. The molecule has 0 saturated heterocycles. The first kappa shape index (κ1) is 9.81. The van der Waals surface area contributed by atoms with E-state index in [9.17, 15) is 4.79 Å². The summed E-state index contributed by atoms with van der Waals surface area (Å²) in [6.07, 6.45) is 3.14. The van der Waals surface area contributed by atoms with Crippen molar-refractivity contribution in [1.82, 2.24) is 0 Å². The Morgan fingerprint density at radius 1 is 1.54 bits per heavy atom. The number of halogens is 1. The third kappa shape index (κ3) is 2.92. The number of rotatable bonds is 2. The minimum absolute atomic E-state index is 0.00658. The number of benzene rings is 1. The minimum atomic E-state index is -0.00658. The zero-order chi connectivity index (χ0) is 9.84. The molecule has 0 aliphatic heterocycles. The van der Waals surface area contributed by atoms with Gasteiger partial charge in [0, 0.05) is 10.7 Å². The van der Waals surface area contributed by atoms with E-state index in [0.29, 0.717) is 10.7 Å². The highest BCUT2D eigenvalue weighted by Gasteiger charge is 1.96. The molecule has 0 unspecified atom stereocenters. The monoisotopic (exact) mass is 195 g/mol. The second-order valence-electron chi connectivity index (χ2n) is 2.72. The molecule has 2 N–H and O–H groups in total. The maximum Gasteiger partial charge on any atom is 0.152 e. The average molecular weight is 196 g/mol. The molecule has 0 atom stereocenters. The summed E-state index contributed by atoms with van der Waals surface area (Å²) >= 11 is 5.87. The first-order valence-corrected chi connectivity index (χ1v) is 4.21. The predicted octanol–water partition coefficient (Wildman–Crippen LogP) is 2.52. The van der Waals surface area contributed by atoms with Crippen molar-refractivity contribution in [3.63, 3.8) is 0 Å². The molecule has 0 bridgehead atoms. The quantitative estimate of drug-likeness (QED) is 0.582. The van der Waals surface area contributed by atoms with Gasteiger partial charge in [-0.15, -0.1) is 0 Å². The molecule has 0 fully saturated rings. The fraction of sp³-hybridized carbons (Fsp3) is 0.100. The van der Waals surface area contributed by atoms with Crippen LogP contribution in [0.25, 0.3) is 6.08 Å². The second kappa shape index (κ2) is 4.10. The molecule has 13 heavy (non-hydrogen) atoms. The summed E-state index contributed by atoms with van der Waals surface area (Å²) in [5, 5.41) is 0.553. The topological polar surface area (TPSA) is 43.1 Å². The highest BCUT2D eigenvalue weighted by Crippen LogP contribution is 2.20. The number of hydrogen-bond acceptors (Lipinski definition) is 2. The second-order valence-corrected chi connectivity index (χ2v) is 3.13. The standard InChI is InChI=1S/C10H10ClNO/c1-7(13)2-3-8-4-5-9(12)6-10(8)11/h2-6H,12H2,1H3/b3-2+. The molecule has 2 nitrogen and oxygen atoms in total. The largest absolute Gasteiger partial charge is 0.399 e. The SMILES string of the molecule is CC(=O)/C=C/c1ccc(N)cc1Cl. The van der Waals surface area contributed by atoms with E-state index >= 15 is 0 Å². The Bertz CT molecular complexity index is 358. The molecule has 68 valence electrons. The molecular weight excluding hydrogens is 186 g/mol. The van der Waals surface area contributed by atoms with Gasteiger partial charge in [0.25, 0.3) is 0 Å². The molecule has 0 heterocycles. The van der Waals surface area contributed by atoms with Gasteiger partial charge < -0.3 is 5.73 Å². The van der Waals surface area contributed by atoms with Crippen molar-refractivity contribution in [3.05, 3.63) is 34.9 Å². The van der Waals surface area contributed by atoms with Gasteiger partial charge in [-0.05, 0) is 36.8 Å². The number of nitrogens with two attached hydrogens (primary N) is 1. The predicted molar refractivity (Wildman–Crippen MR) is 55.6 cm³/mol. The lowest BCUT2D eigenvalue weighted by atomic mass is 10.2. The van der Waals surface area contributed by atoms with Crippen LogP contribution in [-0.2, 0) is 4.79 Å². The van der Waals surface area contributed by atoms with E-state index < -0.39 is 0 Å². The maximum absolute atomic E-state index is 10.6. The number of ketones is 1. The van der Waals surface area contributed by atoms with Crippen LogP contribution in [0.4, 0.5) is 5.69 Å². The first-order chi connectivity index (χ1) is 6.09. The molecular formula is C10H10ClNO. The number of anilines is 1. The van der Waals surface area contributed by atoms with Crippen molar-refractivity contribution < 1.29 is 4.79 Å². The Morgan fingerprint density at radius 3 is 2.77 bits per heavy atom. The zero-order valence-electron chi connectivity index (χ0n) is 7.25. The van der Waals surface area contributed by atoms with E-state index in [1.807, 2.05) is 0 Å². The Hall–Kier alpha value is -1.28. The van der Waals surface area contributed by atoms with Gasteiger partial charge in [0.15, 0.2) is 5.78 Å². The molecule has 3 heteroatoms. The highest BCUT2D eigenvalue weighted by atomic mass is 35.5. The Balaban J connectivity index is 2.96. The average Bonchev–Trinajstić information content (AvgIpc) is 2.02. The molecule has 0 saturated carbocycles. The summed E-state index contributed by atoms with van der Waals surface area (Å²) in [6.45, 7) is 1.49. The van der Waals surface area contributed by atoms with Gasteiger partial charge in [-0.2, -0.15) is 0 Å². The van der Waals surface area contributed by atoms with Crippen molar-refractivity contribution in [2.24, 2.45) is 0 Å². The van der Waals surface area contributed by atoms with Gasteiger partial charge in [-0.3, -0.25) is 4.79 Å². The number of carbonyl (C=O) groups excluding carboxylic acids is 1. The zero-order valence-corrected chi connectivity index (χ0v) is 8.01. The fourth-order valence-electron chi connectivity index (χ4n) is 0.886. The van der Waals surface area contributed by atoms with Gasteiger partial charge in [0.2, 0.25) is 0 Å². The molecule has 1 aromatic rings. The van der Waals surface area contributed by atoms with Crippen molar-refractivity contribution in [2.45, 2.75) is 6.92 Å². The summed E-state index contributed by atoms with van der Waals surface area (Å²) in [4.78, 5) is 10.6. The van der Waals surface area contributed by atoms with Crippen LogP contribution in [0, 0.1) is 0 Å². The third-order valence-corrected chi connectivity index (χ3v) is 1.85. The summed E-state index contributed by atoms with van der Waals surface area (Å²) in [5.74, 6) is -0.00658. The molecule has 0 spiro atoms. The third-order valence-electron chi connectivity index (χ3n) is 1.52. The van der Waals surface area contributed by atoms with Crippen LogP contribution < -0.4 is 5.73 Å². The molecule has 0 aromatic heterocycles. The Kier molecular flexibility index (Phi) is 3.09. The van der Waals surface area contributed by atoms with E-state index in [1.54, 1.807) is 24.3 Å². The van der Waals surface area contributed by atoms with E-state index in [4.69, 9.17) is 17.3 Å². The van der Waals surface area contributed by atoms with Gasteiger partial charge in [0.1, 0.15) is 0 Å². The van der Waals surface area contributed by atoms with Crippen LogP contribution in [0.3, 0.4) is 0 Å². The Morgan fingerprint density at radius 2 is 2.23 bits per heavy atom. The number of carbonyl (C=O) groups is 1. The molecule has 0 amide bonds. The molecule has 0 radical (unpaired) electrons. The van der Waals surface area contributed by atoms with Gasteiger partial charge >= 0.3 is 0 Å².